The molecule has 0 spiro atoms. The summed E-state index contributed by atoms with van der Waals surface area (Å²) >= 11 is 11.7. The van der Waals surface area contributed by atoms with Crippen LogP contribution in [-0.2, 0) is 10.3 Å². The Labute approximate surface area is 85.3 Å². The molecule has 0 saturated carbocycles. The second-order valence-corrected chi connectivity index (χ2v) is 3.79. The Hall–Kier alpha value is -0.350. The minimum Gasteiger partial charge on any atom is -0.380 e. The normalized spacial score (nSPS) is 19.6. The summed E-state index contributed by atoms with van der Waals surface area (Å²) < 4.78 is 4.91. The minimum atomic E-state index is -1.00. The first-order valence-corrected chi connectivity index (χ1v) is 4.49. The summed E-state index contributed by atoms with van der Waals surface area (Å²) in [4.78, 5) is 3.86. The Balaban J connectivity index is 2.45. The van der Waals surface area contributed by atoms with Crippen molar-refractivity contribution in [2.45, 2.75) is 5.60 Å². The number of hydrogen-bond acceptors (Lipinski definition) is 3. The van der Waals surface area contributed by atoms with Crippen LogP contribution in [0.5, 0.6) is 0 Å². The Morgan fingerprint density at radius 2 is 2.08 bits per heavy atom. The van der Waals surface area contributed by atoms with Gasteiger partial charge in [-0.1, -0.05) is 23.2 Å². The van der Waals surface area contributed by atoms with Crippen LogP contribution in [0.3, 0.4) is 0 Å². The van der Waals surface area contributed by atoms with E-state index in [-0.39, 0.29) is 13.2 Å². The van der Waals surface area contributed by atoms with Gasteiger partial charge >= 0.3 is 0 Å². The number of aliphatic hydroxyl groups is 1. The highest BCUT2D eigenvalue weighted by Gasteiger charge is 2.40. The molecule has 0 atom stereocenters. The van der Waals surface area contributed by atoms with Gasteiger partial charge in [0.05, 0.1) is 23.3 Å². The van der Waals surface area contributed by atoms with Gasteiger partial charge in [0.15, 0.2) is 0 Å². The van der Waals surface area contributed by atoms with Crippen LogP contribution in [0, 0.1) is 0 Å². The first kappa shape index (κ1) is 9.21. The monoisotopic (exact) mass is 219 g/mol. The molecular weight excluding hydrogens is 213 g/mol. The molecular formula is C8H7Cl2NO2. The maximum atomic E-state index is 9.88. The lowest BCUT2D eigenvalue weighted by Gasteiger charge is -2.36. The summed E-state index contributed by atoms with van der Waals surface area (Å²) in [7, 11) is 0. The highest BCUT2D eigenvalue weighted by molar-refractivity contribution is 6.42. The molecule has 0 amide bonds. The zero-order valence-corrected chi connectivity index (χ0v) is 8.14. The molecule has 0 radical (unpaired) electrons. The summed E-state index contributed by atoms with van der Waals surface area (Å²) in [5, 5.41) is 10.6. The lowest BCUT2D eigenvalue weighted by Crippen LogP contribution is -2.46. The third-order valence-electron chi connectivity index (χ3n) is 2.02. The van der Waals surface area contributed by atoms with E-state index >= 15 is 0 Å². The minimum absolute atomic E-state index is 0.245. The lowest BCUT2D eigenvalue weighted by atomic mass is 9.94. The van der Waals surface area contributed by atoms with E-state index in [1.165, 1.54) is 12.4 Å². The van der Waals surface area contributed by atoms with Crippen molar-refractivity contribution < 1.29 is 9.84 Å². The molecule has 1 aliphatic rings. The van der Waals surface area contributed by atoms with Gasteiger partial charge in [0.2, 0.25) is 0 Å². The molecule has 0 unspecified atom stereocenters. The van der Waals surface area contributed by atoms with Gasteiger partial charge in [-0.15, -0.1) is 0 Å². The molecule has 70 valence electrons. The van der Waals surface area contributed by atoms with E-state index in [4.69, 9.17) is 27.9 Å². The fourth-order valence-corrected chi connectivity index (χ4v) is 1.63. The molecule has 3 nitrogen and oxygen atoms in total. The van der Waals surface area contributed by atoms with Gasteiger partial charge in [0.1, 0.15) is 5.60 Å². The van der Waals surface area contributed by atoms with Gasteiger partial charge in [-0.05, 0) is 0 Å². The average Bonchev–Trinajstić information content (AvgIpc) is 2.06. The second kappa shape index (κ2) is 3.10. The molecule has 1 aromatic heterocycles. The van der Waals surface area contributed by atoms with Gasteiger partial charge in [0, 0.05) is 18.0 Å². The number of hydrogen-bond donors (Lipinski definition) is 1. The predicted octanol–water partition coefficient (Wildman–Crippen LogP) is 1.61. The fourth-order valence-electron chi connectivity index (χ4n) is 1.19. The van der Waals surface area contributed by atoms with E-state index < -0.39 is 5.60 Å². The molecule has 1 fully saturated rings. The smallest absolute Gasteiger partial charge is 0.139 e. The van der Waals surface area contributed by atoms with Crippen molar-refractivity contribution in [2.75, 3.05) is 13.2 Å². The van der Waals surface area contributed by atoms with Crippen LogP contribution in [-0.4, -0.2) is 23.3 Å². The Kier molecular flexibility index (Phi) is 2.20. The van der Waals surface area contributed by atoms with E-state index in [1.54, 1.807) is 0 Å². The molecule has 2 rings (SSSR count). The number of nitrogens with zero attached hydrogens (tertiary/aromatic N) is 1. The maximum Gasteiger partial charge on any atom is 0.139 e. The third kappa shape index (κ3) is 1.42. The van der Waals surface area contributed by atoms with Gasteiger partial charge in [-0.3, -0.25) is 4.98 Å². The first-order valence-electron chi connectivity index (χ1n) is 3.73. The average molecular weight is 220 g/mol. The number of pyridine rings is 1. The standard InChI is InChI=1S/C8H7Cl2NO2/c9-6-2-11-1-5(7(6)10)8(12)3-13-4-8/h1-2,12H,3-4H2. The van der Waals surface area contributed by atoms with Crippen molar-refractivity contribution in [3.8, 4) is 0 Å². The number of rotatable bonds is 1. The Bertz CT molecular complexity index is 339. The largest absolute Gasteiger partial charge is 0.380 e. The molecule has 1 N–H and O–H groups in total. The summed E-state index contributed by atoms with van der Waals surface area (Å²) in [5.74, 6) is 0. The maximum absolute atomic E-state index is 9.88. The van der Waals surface area contributed by atoms with Crippen molar-refractivity contribution in [3.63, 3.8) is 0 Å². The van der Waals surface area contributed by atoms with Gasteiger partial charge in [-0.2, -0.15) is 0 Å². The second-order valence-electron chi connectivity index (χ2n) is 3.01. The van der Waals surface area contributed by atoms with Crippen LogP contribution in [0.4, 0.5) is 0 Å². The van der Waals surface area contributed by atoms with Gasteiger partial charge < -0.3 is 9.84 Å². The molecule has 1 aromatic rings. The summed E-state index contributed by atoms with van der Waals surface area (Å²) in [6.07, 6.45) is 2.95. The number of halogens is 2. The Morgan fingerprint density at radius 1 is 1.38 bits per heavy atom. The quantitative estimate of drug-likeness (QED) is 0.781. The molecule has 1 aliphatic heterocycles. The predicted molar refractivity (Wildman–Crippen MR) is 49.0 cm³/mol. The topological polar surface area (TPSA) is 42.4 Å². The van der Waals surface area contributed by atoms with Crippen molar-refractivity contribution in [1.82, 2.24) is 4.98 Å². The van der Waals surface area contributed by atoms with E-state index in [9.17, 15) is 5.11 Å². The summed E-state index contributed by atoms with van der Waals surface area (Å²) in [5.41, 5.74) is -0.470. The third-order valence-corrected chi connectivity index (χ3v) is 2.81. The van der Waals surface area contributed by atoms with Crippen LogP contribution < -0.4 is 0 Å². The molecule has 1 saturated heterocycles. The molecule has 0 aromatic carbocycles. The van der Waals surface area contributed by atoms with Crippen molar-refractivity contribution in [3.05, 3.63) is 28.0 Å². The zero-order chi connectivity index (χ0) is 9.47. The number of ether oxygens (including phenoxy) is 1. The highest BCUT2D eigenvalue weighted by Crippen LogP contribution is 2.36. The van der Waals surface area contributed by atoms with Gasteiger partial charge in [-0.25, -0.2) is 0 Å². The van der Waals surface area contributed by atoms with Crippen molar-refractivity contribution >= 4 is 23.2 Å². The van der Waals surface area contributed by atoms with E-state index in [0.717, 1.165) is 0 Å². The van der Waals surface area contributed by atoms with E-state index in [2.05, 4.69) is 4.98 Å². The zero-order valence-electron chi connectivity index (χ0n) is 6.63. The summed E-state index contributed by atoms with van der Waals surface area (Å²) in [6, 6.07) is 0. The van der Waals surface area contributed by atoms with Crippen LogP contribution in [0.1, 0.15) is 5.56 Å². The van der Waals surface area contributed by atoms with E-state index in [1.807, 2.05) is 0 Å². The highest BCUT2D eigenvalue weighted by atomic mass is 35.5. The van der Waals surface area contributed by atoms with E-state index in [0.29, 0.717) is 15.6 Å². The molecule has 0 bridgehead atoms. The Morgan fingerprint density at radius 3 is 2.62 bits per heavy atom. The lowest BCUT2D eigenvalue weighted by molar-refractivity contribution is -0.184. The fraction of sp³-hybridized carbons (Fsp3) is 0.375. The molecule has 5 heteroatoms. The van der Waals surface area contributed by atoms with Crippen LogP contribution in [0.2, 0.25) is 10.0 Å². The van der Waals surface area contributed by atoms with Crippen LogP contribution in [0.25, 0.3) is 0 Å². The molecule has 13 heavy (non-hydrogen) atoms. The first-order chi connectivity index (χ1) is 6.13. The summed E-state index contributed by atoms with van der Waals surface area (Å²) in [6.45, 7) is 0.490. The molecule has 0 aliphatic carbocycles. The van der Waals surface area contributed by atoms with Crippen LogP contribution >= 0.6 is 23.2 Å². The SMILES string of the molecule is OC1(c2cncc(Cl)c2Cl)COC1. The van der Waals surface area contributed by atoms with Gasteiger partial charge in [0.25, 0.3) is 0 Å². The molecule has 2 heterocycles. The van der Waals surface area contributed by atoms with Crippen molar-refractivity contribution in [1.29, 1.82) is 0 Å². The van der Waals surface area contributed by atoms with Crippen molar-refractivity contribution in [2.24, 2.45) is 0 Å². The van der Waals surface area contributed by atoms with Crippen LogP contribution in [0.15, 0.2) is 12.4 Å². The number of aromatic nitrogens is 1.